The van der Waals surface area contributed by atoms with E-state index in [1.165, 1.54) is 5.56 Å². The number of likely N-dealkylation sites (tertiary alicyclic amines) is 1. The second-order valence-electron chi connectivity index (χ2n) is 7.11. The average Bonchev–Trinajstić information content (AvgIpc) is 2.75. The molecule has 0 radical (unpaired) electrons. The van der Waals surface area contributed by atoms with Crippen LogP contribution in [0.25, 0.3) is 0 Å². The summed E-state index contributed by atoms with van der Waals surface area (Å²) in [5.74, 6) is 1.39. The highest BCUT2D eigenvalue weighted by molar-refractivity contribution is 5.86. The largest absolute Gasteiger partial charge is 0.351 e. The van der Waals surface area contributed by atoms with Gasteiger partial charge in [0.2, 0.25) is 5.91 Å². The van der Waals surface area contributed by atoms with E-state index < -0.39 is 0 Å². The Bertz CT molecular complexity index is 755. The highest BCUT2D eigenvalue weighted by atomic mass is 16.2. The quantitative estimate of drug-likeness (QED) is 0.597. The third kappa shape index (κ3) is 6.08. The molecule has 0 spiro atoms. The number of hydrogen-bond donors (Lipinski definition) is 2. The van der Waals surface area contributed by atoms with Crippen molar-refractivity contribution >= 4 is 11.9 Å². The van der Waals surface area contributed by atoms with Crippen molar-refractivity contribution in [1.82, 2.24) is 20.5 Å². The van der Waals surface area contributed by atoms with Crippen molar-refractivity contribution in [3.63, 3.8) is 0 Å². The Morgan fingerprint density at radius 1 is 1.11 bits per heavy atom. The number of carbonyl (C=O) groups is 1. The first-order valence-electron chi connectivity index (χ1n) is 9.90. The number of carbonyl (C=O) groups excluding carboxylic acids is 1. The molecule has 1 saturated heterocycles. The number of pyridine rings is 1. The number of benzene rings is 1. The van der Waals surface area contributed by atoms with Gasteiger partial charge in [0, 0.05) is 26.3 Å². The summed E-state index contributed by atoms with van der Waals surface area (Å²) in [6.45, 7) is 2.49. The van der Waals surface area contributed by atoms with E-state index in [1.807, 2.05) is 23.1 Å². The van der Waals surface area contributed by atoms with E-state index in [9.17, 15) is 4.79 Å². The molecular formula is C22H29N5O. The second kappa shape index (κ2) is 10.4. The van der Waals surface area contributed by atoms with E-state index in [0.717, 1.165) is 38.0 Å². The molecule has 3 rings (SSSR count). The summed E-state index contributed by atoms with van der Waals surface area (Å²) in [5.41, 5.74) is 2.31. The van der Waals surface area contributed by atoms with Gasteiger partial charge < -0.3 is 15.5 Å². The highest BCUT2D eigenvalue weighted by Gasteiger charge is 2.22. The number of nitrogens with zero attached hydrogens (tertiary/aromatic N) is 3. The first-order chi connectivity index (χ1) is 13.7. The maximum Gasteiger partial charge on any atom is 0.241 e. The topological polar surface area (TPSA) is 69.6 Å². The van der Waals surface area contributed by atoms with Crippen LogP contribution < -0.4 is 10.6 Å². The average molecular weight is 380 g/mol. The zero-order chi connectivity index (χ0) is 19.6. The second-order valence-corrected chi connectivity index (χ2v) is 7.11. The molecule has 1 amide bonds. The van der Waals surface area contributed by atoms with Crippen molar-refractivity contribution < 1.29 is 4.79 Å². The Balaban J connectivity index is 1.37. The minimum Gasteiger partial charge on any atom is -0.351 e. The smallest absolute Gasteiger partial charge is 0.241 e. The SMILES string of the molecule is CN=C(NCC(=O)N1CCC(Cc2ccccc2)CC1)NCc1ccccn1. The number of amides is 1. The summed E-state index contributed by atoms with van der Waals surface area (Å²) in [6, 6.07) is 16.4. The minimum absolute atomic E-state index is 0.124. The van der Waals surface area contributed by atoms with Gasteiger partial charge in [0.05, 0.1) is 18.8 Å². The normalized spacial score (nSPS) is 15.3. The molecule has 28 heavy (non-hydrogen) atoms. The van der Waals surface area contributed by atoms with E-state index in [0.29, 0.717) is 18.4 Å². The molecule has 6 nitrogen and oxygen atoms in total. The number of rotatable bonds is 6. The molecule has 0 unspecified atom stereocenters. The maximum absolute atomic E-state index is 12.5. The molecule has 1 aliphatic heterocycles. The lowest BCUT2D eigenvalue weighted by atomic mass is 9.90. The Hall–Kier alpha value is -2.89. The van der Waals surface area contributed by atoms with Gasteiger partial charge in [-0.1, -0.05) is 36.4 Å². The highest BCUT2D eigenvalue weighted by Crippen LogP contribution is 2.21. The van der Waals surface area contributed by atoms with Crippen LogP contribution in [0.2, 0.25) is 0 Å². The van der Waals surface area contributed by atoms with Gasteiger partial charge >= 0.3 is 0 Å². The van der Waals surface area contributed by atoms with Gasteiger partial charge in [0.25, 0.3) is 0 Å². The molecule has 0 aliphatic carbocycles. The lowest BCUT2D eigenvalue weighted by molar-refractivity contribution is -0.131. The monoisotopic (exact) mass is 379 g/mol. The van der Waals surface area contributed by atoms with Crippen LogP contribution >= 0.6 is 0 Å². The van der Waals surface area contributed by atoms with Crippen LogP contribution in [0, 0.1) is 5.92 Å². The predicted molar refractivity (Wildman–Crippen MR) is 112 cm³/mol. The fourth-order valence-electron chi connectivity index (χ4n) is 3.50. The summed E-state index contributed by atoms with van der Waals surface area (Å²) in [7, 11) is 1.70. The summed E-state index contributed by atoms with van der Waals surface area (Å²) < 4.78 is 0. The molecule has 2 heterocycles. The van der Waals surface area contributed by atoms with Crippen molar-refractivity contribution in [3.05, 3.63) is 66.0 Å². The molecule has 2 aromatic rings. The molecule has 1 aromatic heterocycles. The van der Waals surface area contributed by atoms with Gasteiger partial charge in [-0.05, 0) is 42.9 Å². The number of guanidine groups is 1. The minimum atomic E-state index is 0.124. The van der Waals surface area contributed by atoms with E-state index in [-0.39, 0.29) is 12.5 Å². The molecule has 148 valence electrons. The summed E-state index contributed by atoms with van der Waals surface area (Å²) >= 11 is 0. The number of piperidine rings is 1. The fraction of sp³-hybridized carbons (Fsp3) is 0.409. The molecule has 6 heteroatoms. The molecule has 0 bridgehead atoms. The van der Waals surface area contributed by atoms with E-state index >= 15 is 0 Å². The van der Waals surface area contributed by atoms with Crippen LogP contribution in [0.5, 0.6) is 0 Å². The van der Waals surface area contributed by atoms with Crippen molar-refractivity contribution in [2.75, 3.05) is 26.7 Å². The molecular weight excluding hydrogens is 350 g/mol. The molecule has 1 aliphatic rings. The Kier molecular flexibility index (Phi) is 7.41. The molecule has 1 aromatic carbocycles. The first-order valence-corrected chi connectivity index (χ1v) is 9.90. The lowest BCUT2D eigenvalue weighted by Crippen LogP contribution is -2.46. The van der Waals surface area contributed by atoms with Crippen LogP contribution in [0.3, 0.4) is 0 Å². The van der Waals surface area contributed by atoms with E-state index in [2.05, 4.69) is 50.9 Å². The van der Waals surface area contributed by atoms with Crippen molar-refractivity contribution in [1.29, 1.82) is 0 Å². The number of aliphatic imine (C=N–C) groups is 1. The zero-order valence-electron chi connectivity index (χ0n) is 16.5. The van der Waals surface area contributed by atoms with E-state index in [4.69, 9.17) is 0 Å². The van der Waals surface area contributed by atoms with Gasteiger partial charge in [0.1, 0.15) is 0 Å². The van der Waals surface area contributed by atoms with Gasteiger partial charge in [-0.15, -0.1) is 0 Å². The van der Waals surface area contributed by atoms with Crippen molar-refractivity contribution in [2.24, 2.45) is 10.9 Å². The Labute approximate surface area is 167 Å². The fourth-order valence-corrected chi connectivity index (χ4v) is 3.50. The summed E-state index contributed by atoms with van der Waals surface area (Å²) in [5, 5.41) is 6.29. The van der Waals surface area contributed by atoms with Crippen molar-refractivity contribution in [2.45, 2.75) is 25.8 Å². The molecule has 1 fully saturated rings. The third-order valence-electron chi connectivity index (χ3n) is 5.13. The van der Waals surface area contributed by atoms with Crippen LogP contribution in [0.15, 0.2) is 59.7 Å². The molecule has 0 saturated carbocycles. The third-order valence-corrected chi connectivity index (χ3v) is 5.13. The number of hydrogen-bond acceptors (Lipinski definition) is 3. The standard InChI is InChI=1S/C22H29N5O/c1-23-22(25-16-20-9-5-6-12-24-20)26-17-21(28)27-13-10-19(11-14-27)15-18-7-3-2-4-8-18/h2-9,12,19H,10-11,13-17H2,1H3,(H2,23,25,26). The number of nitrogens with one attached hydrogen (secondary N) is 2. The first kappa shape index (κ1) is 19.9. The zero-order valence-corrected chi connectivity index (χ0v) is 16.5. The van der Waals surface area contributed by atoms with Crippen LogP contribution in [0.1, 0.15) is 24.1 Å². The maximum atomic E-state index is 12.5. The lowest BCUT2D eigenvalue weighted by Gasteiger charge is -2.32. The molecule has 0 atom stereocenters. The predicted octanol–water partition coefficient (Wildman–Crippen LogP) is 2.23. The Morgan fingerprint density at radius 3 is 2.54 bits per heavy atom. The van der Waals surface area contributed by atoms with Gasteiger partial charge in [-0.3, -0.25) is 14.8 Å². The van der Waals surface area contributed by atoms with Crippen molar-refractivity contribution in [3.8, 4) is 0 Å². The summed E-state index contributed by atoms with van der Waals surface area (Å²) in [6.07, 6.45) is 4.99. The van der Waals surface area contributed by atoms with Crippen LogP contribution in [-0.4, -0.2) is 48.4 Å². The summed E-state index contributed by atoms with van der Waals surface area (Å²) in [4.78, 5) is 22.9. The molecule has 2 N–H and O–H groups in total. The Morgan fingerprint density at radius 2 is 1.86 bits per heavy atom. The van der Waals surface area contributed by atoms with Crippen LogP contribution in [-0.2, 0) is 17.8 Å². The van der Waals surface area contributed by atoms with Gasteiger partial charge in [-0.25, -0.2) is 0 Å². The van der Waals surface area contributed by atoms with Gasteiger partial charge in [0.15, 0.2) is 5.96 Å². The van der Waals surface area contributed by atoms with Gasteiger partial charge in [-0.2, -0.15) is 0 Å². The van der Waals surface area contributed by atoms with E-state index in [1.54, 1.807) is 13.2 Å². The number of aromatic nitrogens is 1. The van der Waals surface area contributed by atoms with Crippen LogP contribution in [0.4, 0.5) is 0 Å².